The van der Waals surface area contributed by atoms with Crippen LogP contribution in [0.25, 0.3) is 16.6 Å². The maximum Gasteiger partial charge on any atom is 0.422 e. The van der Waals surface area contributed by atoms with E-state index in [1.165, 1.54) is 41.0 Å². The first-order chi connectivity index (χ1) is 15.8. The minimum atomic E-state index is -4.41. The van der Waals surface area contributed by atoms with Gasteiger partial charge in [0, 0.05) is 0 Å². The minimum absolute atomic E-state index is 0.0840. The fraction of sp³-hybridized carbons (Fsp3) is 0.417. The number of para-hydroxylation sites is 1. The van der Waals surface area contributed by atoms with Gasteiger partial charge in [-0.05, 0) is 80.1 Å². The lowest BCUT2D eigenvalue weighted by atomic mass is 10.0. The Bertz CT molecular complexity index is 1140. The average molecular weight is 478 g/mol. The van der Waals surface area contributed by atoms with Gasteiger partial charge in [-0.1, -0.05) is 12.1 Å². The number of hydrogen-bond donors (Lipinski definition) is 1. The third kappa shape index (κ3) is 5.89. The van der Waals surface area contributed by atoms with Crippen molar-refractivity contribution in [3.8, 4) is 11.4 Å². The van der Waals surface area contributed by atoms with Crippen molar-refractivity contribution >= 4 is 22.7 Å². The summed E-state index contributed by atoms with van der Waals surface area (Å²) < 4.78 is 43.7. The molecule has 1 aliphatic heterocycles. The number of benzene rings is 2. The molecular weight excluding hydrogens is 451 g/mol. The second-order valence-electron chi connectivity index (χ2n) is 8.21. The summed E-state index contributed by atoms with van der Waals surface area (Å²) >= 11 is 1.98. The van der Waals surface area contributed by atoms with E-state index in [0.29, 0.717) is 28.3 Å². The molecule has 4 rings (SSSR count). The van der Waals surface area contributed by atoms with Crippen molar-refractivity contribution in [2.24, 2.45) is 5.92 Å². The molecule has 1 atom stereocenters. The first-order valence-electron chi connectivity index (χ1n) is 10.9. The van der Waals surface area contributed by atoms with Crippen LogP contribution in [0.15, 0.2) is 53.3 Å². The van der Waals surface area contributed by atoms with Gasteiger partial charge in [0.2, 0.25) is 0 Å². The van der Waals surface area contributed by atoms with Gasteiger partial charge in [0.15, 0.2) is 6.61 Å². The first kappa shape index (κ1) is 23.6. The predicted molar refractivity (Wildman–Crippen MR) is 125 cm³/mol. The molecule has 1 saturated heterocycles. The van der Waals surface area contributed by atoms with E-state index in [2.05, 4.69) is 5.32 Å². The number of thioether (sulfide) groups is 1. The van der Waals surface area contributed by atoms with Crippen LogP contribution in [0.3, 0.4) is 0 Å². The number of alkyl halides is 3. The average Bonchev–Trinajstić information content (AvgIpc) is 2.82. The molecule has 1 N–H and O–H groups in total. The zero-order valence-electron chi connectivity index (χ0n) is 18.3. The molecule has 0 aliphatic carbocycles. The number of nitrogens with one attached hydrogen (secondary N) is 1. The van der Waals surface area contributed by atoms with Crippen LogP contribution >= 0.6 is 11.8 Å². The molecule has 0 unspecified atom stereocenters. The number of ether oxygens (including phenoxy) is 1. The molecule has 176 valence electrons. The van der Waals surface area contributed by atoms with Crippen molar-refractivity contribution in [3.05, 3.63) is 64.7 Å². The quantitative estimate of drug-likeness (QED) is 0.512. The lowest BCUT2D eigenvalue weighted by Crippen LogP contribution is -2.33. The summed E-state index contributed by atoms with van der Waals surface area (Å²) in [5, 5.41) is 4.02. The van der Waals surface area contributed by atoms with Gasteiger partial charge in [-0.15, -0.1) is 0 Å². The molecule has 0 spiro atoms. The number of fused-ring (bicyclic) bond motifs is 1. The molecular formula is C24H26F3N3O2S. The summed E-state index contributed by atoms with van der Waals surface area (Å²) in [6.07, 6.45) is -2.08. The van der Waals surface area contributed by atoms with Crippen LogP contribution in [0.5, 0.6) is 5.75 Å². The molecule has 0 bridgehead atoms. The lowest BCUT2D eigenvalue weighted by Gasteiger charge is -2.25. The number of nitrogens with zero attached hydrogens (tertiary/aromatic N) is 2. The highest BCUT2D eigenvalue weighted by Gasteiger charge is 2.28. The third-order valence-corrected chi connectivity index (χ3v) is 6.79. The van der Waals surface area contributed by atoms with E-state index in [-0.39, 0.29) is 17.4 Å². The second-order valence-corrected chi connectivity index (χ2v) is 9.44. The Balaban J connectivity index is 1.65. The number of rotatable bonds is 7. The normalized spacial score (nSPS) is 16.1. The smallest absolute Gasteiger partial charge is 0.422 e. The Morgan fingerprint density at radius 3 is 2.55 bits per heavy atom. The van der Waals surface area contributed by atoms with E-state index in [9.17, 15) is 18.0 Å². The summed E-state index contributed by atoms with van der Waals surface area (Å²) in [7, 11) is 0. The topological polar surface area (TPSA) is 56.2 Å². The van der Waals surface area contributed by atoms with Crippen molar-refractivity contribution in [3.63, 3.8) is 0 Å². The fourth-order valence-corrected chi connectivity index (χ4v) is 5.14. The molecule has 2 aromatic carbocycles. The van der Waals surface area contributed by atoms with Gasteiger partial charge >= 0.3 is 6.18 Å². The Morgan fingerprint density at radius 2 is 1.85 bits per heavy atom. The van der Waals surface area contributed by atoms with Crippen molar-refractivity contribution in [1.29, 1.82) is 0 Å². The van der Waals surface area contributed by atoms with Crippen LogP contribution in [0, 0.1) is 5.92 Å². The van der Waals surface area contributed by atoms with E-state index in [1.54, 1.807) is 24.3 Å². The minimum Gasteiger partial charge on any atom is -0.484 e. The van der Waals surface area contributed by atoms with Crippen molar-refractivity contribution in [1.82, 2.24) is 14.9 Å². The van der Waals surface area contributed by atoms with Crippen LogP contribution < -0.4 is 15.6 Å². The summed E-state index contributed by atoms with van der Waals surface area (Å²) in [5.41, 5.74) is 0.916. The highest BCUT2D eigenvalue weighted by molar-refractivity contribution is 7.99. The van der Waals surface area contributed by atoms with Gasteiger partial charge in [0.05, 0.1) is 22.6 Å². The van der Waals surface area contributed by atoms with Crippen LogP contribution in [-0.2, 0) is 0 Å². The van der Waals surface area contributed by atoms with E-state index >= 15 is 0 Å². The predicted octanol–water partition coefficient (Wildman–Crippen LogP) is 5.12. The van der Waals surface area contributed by atoms with Crippen molar-refractivity contribution in [2.75, 3.05) is 24.7 Å². The van der Waals surface area contributed by atoms with E-state index in [4.69, 9.17) is 9.72 Å². The maximum atomic E-state index is 13.4. The summed E-state index contributed by atoms with van der Waals surface area (Å²) in [4.78, 5) is 18.2. The van der Waals surface area contributed by atoms with Crippen LogP contribution in [0.1, 0.15) is 31.6 Å². The number of hydrogen-bond acceptors (Lipinski definition) is 5. The monoisotopic (exact) mass is 477 g/mol. The van der Waals surface area contributed by atoms with Gasteiger partial charge in [-0.2, -0.15) is 24.9 Å². The zero-order valence-corrected chi connectivity index (χ0v) is 19.1. The number of aromatic nitrogens is 2. The molecule has 1 fully saturated rings. The van der Waals surface area contributed by atoms with Crippen molar-refractivity contribution in [2.45, 2.75) is 32.0 Å². The largest absolute Gasteiger partial charge is 0.484 e. The van der Waals surface area contributed by atoms with Crippen LogP contribution in [0.4, 0.5) is 13.2 Å². The van der Waals surface area contributed by atoms with Gasteiger partial charge in [-0.3, -0.25) is 9.36 Å². The zero-order chi connectivity index (χ0) is 23.4. The van der Waals surface area contributed by atoms with Gasteiger partial charge in [0.25, 0.3) is 5.56 Å². The molecule has 0 saturated carbocycles. The SMILES string of the molecule is C[C@@H](NCC1CCSCC1)c1nc2ccccc2c(=O)n1-c1ccc(OCC(F)(F)F)cc1. The van der Waals surface area contributed by atoms with E-state index in [1.807, 2.05) is 30.8 Å². The molecule has 1 aliphatic rings. The maximum absolute atomic E-state index is 13.4. The highest BCUT2D eigenvalue weighted by atomic mass is 32.2. The van der Waals surface area contributed by atoms with Crippen molar-refractivity contribution < 1.29 is 17.9 Å². The van der Waals surface area contributed by atoms with E-state index in [0.717, 1.165) is 6.54 Å². The molecule has 0 radical (unpaired) electrons. The third-order valence-electron chi connectivity index (χ3n) is 5.74. The van der Waals surface area contributed by atoms with Gasteiger partial charge in [-0.25, -0.2) is 4.98 Å². The molecule has 9 heteroatoms. The molecule has 1 aromatic heterocycles. The summed E-state index contributed by atoms with van der Waals surface area (Å²) in [6, 6.07) is 13.0. The van der Waals surface area contributed by atoms with Crippen LogP contribution in [0.2, 0.25) is 0 Å². The summed E-state index contributed by atoms with van der Waals surface area (Å²) in [5.74, 6) is 3.58. The fourth-order valence-electron chi connectivity index (χ4n) is 3.93. The summed E-state index contributed by atoms with van der Waals surface area (Å²) in [6.45, 7) is 1.45. The standard InChI is InChI=1S/C24H26F3N3O2S/c1-16(28-14-17-10-12-33-13-11-17)22-29-21-5-3-2-4-20(21)23(31)30(22)18-6-8-19(9-7-18)32-15-24(25,26)27/h2-9,16-17,28H,10-15H2,1H3/t16-/m1/s1. The molecule has 0 amide bonds. The lowest BCUT2D eigenvalue weighted by molar-refractivity contribution is -0.153. The second kappa shape index (κ2) is 10.2. The number of halogens is 3. The van der Waals surface area contributed by atoms with Gasteiger partial charge in [0.1, 0.15) is 11.6 Å². The molecule has 2 heterocycles. The molecule has 5 nitrogen and oxygen atoms in total. The van der Waals surface area contributed by atoms with Gasteiger partial charge < -0.3 is 10.1 Å². The Morgan fingerprint density at radius 1 is 1.15 bits per heavy atom. The first-order valence-corrected chi connectivity index (χ1v) is 12.1. The highest BCUT2D eigenvalue weighted by Crippen LogP contribution is 2.25. The molecule has 33 heavy (non-hydrogen) atoms. The Hall–Kier alpha value is -2.52. The Labute approximate surface area is 194 Å². The molecule has 3 aromatic rings. The van der Waals surface area contributed by atoms with Crippen LogP contribution in [-0.4, -0.2) is 40.4 Å². The Kier molecular flexibility index (Phi) is 7.29. The van der Waals surface area contributed by atoms with E-state index < -0.39 is 12.8 Å².